The molecule has 1 saturated heterocycles. The number of nitrogens with zero attached hydrogens (tertiary/aromatic N) is 2. The lowest BCUT2D eigenvalue weighted by molar-refractivity contribution is -0.136. The second-order valence-corrected chi connectivity index (χ2v) is 18.7. The Morgan fingerprint density at radius 2 is 1.24 bits per heavy atom. The minimum atomic E-state index is -1.68. The van der Waals surface area contributed by atoms with Gasteiger partial charge in [-0.3, -0.25) is 53.1 Å². The molecule has 2 heterocycles. The number of benzene rings is 2. The third-order valence-electron chi connectivity index (χ3n) is 12.4. The van der Waals surface area contributed by atoms with E-state index in [1.165, 1.54) is 6.92 Å². The van der Waals surface area contributed by atoms with Crippen LogP contribution < -0.4 is 82.3 Å². The number of nitrogens with two attached hydrogens (primary N) is 6. The molecule has 22 N–H and O–H groups in total. The van der Waals surface area contributed by atoms with Gasteiger partial charge in [-0.15, -0.1) is 0 Å². The molecule has 0 radical (unpaired) electrons. The van der Waals surface area contributed by atoms with Crippen molar-refractivity contribution in [3.8, 4) is 0 Å². The smallest absolute Gasteiger partial charge is 0.312 e. The first-order valence-corrected chi connectivity index (χ1v) is 25.6. The molecule has 4 rings (SSSR count). The summed E-state index contributed by atoms with van der Waals surface area (Å²) in [6, 6.07) is 5.07. The van der Waals surface area contributed by atoms with Gasteiger partial charge < -0.3 is 87.2 Å². The van der Waals surface area contributed by atoms with Crippen molar-refractivity contribution in [1.29, 1.82) is 0 Å². The number of hydrogen-bond donors (Lipinski definition) is 16. The van der Waals surface area contributed by atoms with Crippen molar-refractivity contribution in [3.63, 3.8) is 0 Å². The number of nitrogens with one attached hydrogen (secondary N) is 10. The van der Waals surface area contributed by atoms with E-state index in [1.807, 2.05) is 18.2 Å². The standard InChI is InChI=1S/C50H74N18O10/c1-28(69)62-34(17-9-21-58-48(52)53)42(72)68-39-26-40(70)57-20-8-7-16-33(41(51)71)63-46(76)38(25-30-27-61-32-15-6-5-14-31(30)32)67-44(74)35(18-10-22-59-49(54)55)64-45(75)37(24-29-12-3-2-4-13-29)66-43(73)36(65-47(39)77)19-11-23-60-50(56)78/h2-6,12-15,27,33-39,61H,7-11,16-26H2,1H3,(H2,51,71)(H,57,70)(H,62,69)(H,63,76)(H,64,75)(H,65,77)(H,66,73)(H,67,74)(H,68,72)(H4,52,53,58)(H4,54,55,59)(H3,56,60,78)/t33?,34-,35-,36?,37+,38-,39-/m0/s1. The number of aliphatic imine (C=N–C) groups is 2. The number of hydrogen-bond acceptors (Lipinski definition) is 12. The molecule has 0 aliphatic carbocycles. The number of H-pyrrole nitrogens is 1. The quantitative estimate of drug-likeness (QED) is 0.0292. The summed E-state index contributed by atoms with van der Waals surface area (Å²) in [6.07, 6.45) is 1.33. The Kier molecular flexibility index (Phi) is 25.1. The van der Waals surface area contributed by atoms with Gasteiger partial charge in [0, 0.05) is 63.0 Å². The number of carbonyl (C=O) groups is 10. The molecule has 0 saturated carbocycles. The van der Waals surface area contributed by atoms with Gasteiger partial charge in [0.25, 0.3) is 0 Å². The highest BCUT2D eigenvalue weighted by Crippen LogP contribution is 2.20. The van der Waals surface area contributed by atoms with Crippen LogP contribution in [0.2, 0.25) is 0 Å². The Labute approximate surface area is 450 Å². The molecule has 2 aromatic carbocycles. The van der Waals surface area contributed by atoms with Crippen LogP contribution in [-0.2, 0) is 56.0 Å². The lowest BCUT2D eigenvalue weighted by Crippen LogP contribution is -2.60. The van der Waals surface area contributed by atoms with Crippen molar-refractivity contribution in [2.45, 2.75) is 126 Å². The van der Waals surface area contributed by atoms with Crippen LogP contribution in [0.3, 0.4) is 0 Å². The molecule has 0 spiro atoms. The minimum absolute atomic E-state index is 0.00176. The molecular formula is C50H74N18O10. The summed E-state index contributed by atoms with van der Waals surface area (Å²) in [4.78, 5) is 148. The predicted octanol–water partition coefficient (Wildman–Crippen LogP) is -3.90. The molecule has 0 bridgehead atoms. The molecule has 1 fully saturated rings. The van der Waals surface area contributed by atoms with E-state index in [9.17, 15) is 47.9 Å². The van der Waals surface area contributed by atoms with E-state index in [0.29, 0.717) is 11.1 Å². The summed E-state index contributed by atoms with van der Waals surface area (Å²) in [5.41, 5.74) is 35.1. The number of carbonyl (C=O) groups excluding carboxylic acids is 10. The van der Waals surface area contributed by atoms with Crippen molar-refractivity contribution in [1.82, 2.24) is 52.8 Å². The molecule has 1 aliphatic heterocycles. The molecule has 7 atom stereocenters. The lowest BCUT2D eigenvalue weighted by atomic mass is 10.0. The predicted molar refractivity (Wildman–Crippen MR) is 289 cm³/mol. The summed E-state index contributed by atoms with van der Waals surface area (Å²) in [5.74, 6) is -7.90. The van der Waals surface area contributed by atoms with E-state index < -0.39 is 108 Å². The molecule has 2 unspecified atom stereocenters. The van der Waals surface area contributed by atoms with E-state index in [1.54, 1.807) is 42.6 Å². The maximum Gasteiger partial charge on any atom is 0.312 e. The molecule has 1 aliphatic rings. The van der Waals surface area contributed by atoms with Gasteiger partial charge in [0.1, 0.15) is 42.3 Å². The molecule has 11 amide bonds. The summed E-state index contributed by atoms with van der Waals surface area (Å²) >= 11 is 0. The average molecular weight is 1090 g/mol. The number of rotatable bonds is 20. The van der Waals surface area contributed by atoms with Crippen molar-refractivity contribution in [2.75, 3.05) is 26.2 Å². The van der Waals surface area contributed by atoms with Gasteiger partial charge in [-0.25, -0.2) is 4.79 Å². The molecule has 28 nitrogen and oxygen atoms in total. The van der Waals surface area contributed by atoms with Crippen LogP contribution in [-0.4, -0.2) is 145 Å². The number of amides is 11. The Morgan fingerprint density at radius 1 is 0.667 bits per heavy atom. The van der Waals surface area contributed by atoms with E-state index in [0.717, 1.165) is 10.9 Å². The van der Waals surface area contributed by atoms with Gasteiger partial charge in [-0.2, -0.15) is 0 Å². The van der Waals surface area contributed by atoms with Crippen LogP contribution in [0.5, 0.6) is 0 Å². The van der Waals surface area contributed by atoms with Crippen LogP contribution in [0, 0.1) is 0 Å². The Bertz CT molecular complexity index is 2620. The van der Waals surface area contributed by atoms with Crippen molar-refractivity contribution in [3.05, 3.63) is 71.9 Å². The maximum atomic E-state index is 14.7. The fourth-order valence-electron chi connectivity index (χ4n) is 8.45. The third-order valence-corrected chi connectivity index (χ3v) is 12.4. The van der Waals surface area contributed by atoms with Crippen molar-refractivity contribution in [2.24, 2.45) is 44.4 Å². The van der Waals surface area contributed by atoms with Crippen molar-refractivity contribution >= 4 is 82.0 Å². The number of fused-ring (bicyclic) bond motifs is 1. The van der Waals surface area contributed by atoms with Crippen molar-refractivity contribution < 1.29 is 47.9 Å². The van der Waals surface area contributed by atoms with Gasteiger partial charge in [0.2, 0.25) is 53.2 Å². The van der Waals surface area contributed by atoms with Gasteiger partial charge in [-0.05, 0) is 75.0 Å². The zero-order valence-corrected chi connectivity index (χ0v) is 43.6. The number of urea groups is 1. The average Bonchev–Trinajstić information content (AvgIpc) is 3.80. The molecule has 424 valence electrons. The first-order chi connectivity index (χ1) is 37.2. The van der Waals surface area contributed by atoms with Gasteiger partial charge in [0.05, 0.1) is 6.42 Å². The number of aromatic amines is 1. The Morgan fingerprint density at radius 3 is 1.88 bits per heavy atom. The Balaban J connectivity index is 1.80. The fourth-order valence-corrected chi connectivity index (χ4v) is 8.45. The highest BCUT2D eigenvalue weighted by atomic mass is 16.2. The second-order valence-electron chi connectivity index (χ2n) is 18.7. The van der Waals surface area contributed by atoms with E-state index in [4.69, 9.17) is 34.4 Å². The number of para-hydroxylation sites is 1. The van der Waals surface area contributed by atoms with Crippen LogP contribution in [0.15, 0.2) is 70.8 Å². The highest BCUT2D eigenvalue weighted by molar-refractivity contribution is 5.99. The molecule has 3 aromatic rings. The van der Waals surface area contributed by atoms with Gasteiger partial charge in [-0.1, -0.05) is 48.5 Å². The SMILES string of the molecule is CC(=O)N[C@@H](CCCN=C(N)N)C(=O)N[C@H]1CC(=O)NCCCCC(C(N)=O)NC(=O)[C@H](Cc2c[nH]c3ccccc23)NC(=O)[C@H](CCCN=C(N)N)NC(=O)[C@@H](Cc2ccccc2)NC(=O)C(CCCNC(N)=O)NC1=O. The zero-order chi connectivity index (χ0) is 57.1. The van der Waals surface area contributed by atoms with Crippen LogP contribution >= 0.6 is 0 Å². The molecular weight excluding hydrogens is 1010 g/mol. The number of primary amides is 2. The van der Waals surface area contributed by atoms with E-state index in [-0.39, 0.29) is 109 Å². The normalized spacial score (nSPS) is 20.6. The zero-order valence-electron chi connectivity index (χ0n) is 43.6. The van der Waals surface area contributed by atoms with E-state index >= 15 is 0 Å². The Hall–Kier alpha value is -8.98. The molecule has 28 heteroatoms. The van der Waals surface area contributed by atoms with Gasteiger partial charge >= 0.3 is 6.03 Å². The van der Waals surface area contributed by atoms with Crippen LogP contribution in [0.4, 0.5) is 4.79 Å². The monoisotopic (exact) mass is 1090 g/mol. The highest BCUT2D eigenvalue weighted by Gasteiger charge is 2.35. The lowest BCUT2D eigenvalue weighted by Gasteiger charge is -2.28. The molecule has 78 heavy (non-hydrogen) atoms. The third kappa shape index (κ3) is 21.7. The largest absolute Gasteiger partial charge is 0.370 e. The summed E-state index contributed by atoms with van der Waals surface area (Å²) < 4.78 is 0. The fraction of sp³-hybridized carbons (Fsp3) is 0.480. The summed E-state index contributed by atoms with van der Waals surface area (Å²) in [7, 11) is 0. The first kappa shape index (κ1) is 61.6. The maximum absolute atomic E-state index is 14.7. The van der Waals surface area contributed by atoms with Crippen LogP contribution in [0.1, 0.15) is 82.3 Å². The van der Waals surface area contributed by atoms with Crippen LogP contribution in [0.25, 0.3) is 10.9 Å². The van der Waals surface area contributed by atoms with E-state index in [2.05, 4.69) is 62.8 Å². The number of guanidine groups is 2. The second kappa shape index (κ2) is 31.8. The first-order valence-electron chi connectivity index (χ1n) is 25.6. The topological polar surface area (TPSA) is 476 Å². The van der Waals surface area contributed by atoms with Gasteiger partial charge in [0.15, 0.2) is 11.9 Å². The summed E-state index contributed by atoms with van der Waals surface area (Å²) in [6.45, 7) is 1.24. The summed E-state index contributed by atoms with van der Waals surface area (Å²) in [5, 5.41) is 24.3. The minimum Gasteiger partial charge on any atom is -0.370 e. The molecule has 1 aromatic heterocycles. The number of aromatic nitrogens is 1.